The van der Waals surface area contributed by atoms with E-state index in [1.54, 1.807) is 11.0 Å². The molecular formula is C27H31N5O4. The van der Waals surface area contributed by atoms with Crippen molar-refractivity contribution in [2.75, 3.05) is 28.4 Å². The standard InChI is InChI=1S/C27H31N5O4/c1-4-21-25(19-8-5-6-9-22(19)31(21)12-7-11-28)26-27(35)29-20-15-23-18(10-13-30(23)16(2)33)14-24(20)32(26)36-17(3)34/h5-6,8-9,14-15,26H,4,7,10-13,28H2,1-3H3,(H,29,35). The van der Waals surface area contributed by atoms with Crippen LogP contribution in [0.4, 0.5) is 17.1 Å². The number of anilines is 3. The van der Waals surface area contributed by atoms with Gasteiger partial charge in [-0.05, 0) is 49.6 Å². The third-order valence-electron chi connectivity index (χ3n) is 6.99. The lowest BCUT2D eigenvalue weighted by Gasteiger charge is -2.36. The summed E-state index contributed by atoms with van der Waals surface area (Å²) in [6.07, 6.45) is 2.18. The zero-order valence-corrected chi connectivity index (χ0v) is 20.8. The van der Waals surface area contributed by atoms with E-state index in [0.29, 0.717) is 37.3 Å². The van der Waals surface area contributed by atoms with Gasteiger partial charge in [-0.3, -0.25) is 14.4 Å². The second kappa shape index (κ2) is 9.31. The molecule has 0 spiro atoms. The third-order valence-corrected chi connectivity index (χ3v) is 6.99. The van der Waals surface area contributed by atoms with Gasteiger partial charge >= 0.3 is 5.97 Å². The molecule has 3 aromatic rings. The lowest BCUT2D eigenvalue weighted by Crippen LogP contribution is -2.43. The van der Waals surface area contributed by atoms with E-state index < -0.39 is 12.0 Å². The highest BCUT2D eigenvalue weighted by Crippen LogP contribution is 2.46. The fourth-order valence-corrected chi connectivity index (χ4v) is 5.54. The summed E-state index contributed by atoms with van der Waals surface area (Å²) in [5.41, 5.74) is 11.5. The Morgan fingerprint density at radius 3 is 2.64 bits per heavy atom. The summed E-state index contributed by atoms with van der Waals surface area (Å²) in [5, 5.41) is 5.42. The van der Waals surface area contributed by atoms with Gasteiger partial charge in [0.1, 0.15) is 5.69 Å². The van der Waals surface area contributed by atoms with Gasteiger partial charge in [0, 0.05) is 54.8 Å². The first kappa shape index (κ1) is 23.9. The minimum absolute atomic E-state index is 0.0524. The quantitative estimate of drug-likeness (QED) is 0.549. The van der Waals surface area contributed by atoms with Crippen LogP contribution in [0.3, 0.4) is 0 Å². The number of nitrogens with zero attached hydrogens (tertiary/aromatic N) is 3. The molecule has 9 nitrogen and oxygen atoms in total. The molecule has 0 saturated heterocycles. The lowest BCUT2D eigenvalue weighted by atomic mass is 9.97. The van der Waals surface area contributed by atoms with Crippen molar-refractivity contribution in [3.05, 3.63) is 53.2 Å². The van der Waals surface area contributed by atoms with Gasteiger partial charge in [0.05, 0.1) is 5.69 Å². The first-order chi connectivity index (χ1) is 17.3. The normalized spacial score (nSPS) is 16.7. The highest BCUT2D eigenvalue weighted by Gasteiger charge is 2.41. The number of amides is 2. The first-order valence-electron chi connectivity index (χ1n) is 12.4. The van der Waals surface area contributed by atoms with Crippen molar-refractivity contribution in [3.63, 3.8) is 0 Å². The van der Waals surface area contributed by atoms with Gasteiger partial charge in [-0.2, -0.15) is 5.06 Å². The SMILES string of the molecule is CCc1c(C2C(=O)Nc3cc4c(cc3N2OC(C)=O)CCN4C(C)=O)c2ccccc2n1CCCN. The zero-order chi connectivity index (χ0) is 25.6. The van der Waals surface area contributed by atoms with E-state index in [-0.39, 0.29) is 11.8 Å². The number of para-hydroxylation sites is 1. The van der Waals surface area contributed by atoms with Crippen molar-refractivity contribution in [3.8, 4) is 0 Å². The Bertz CT molecular complexity index is 1380. The number of benzene rings is 2. The van der Waals surface area contributed by atoms with Crippen molar-refractivity contribution < 1.29 is 19.2 Å². The minimum Gasteiger partial charge on any atom is -0.344 e. The number of fused-ring (bicyclic) bond motifs is 3. The van der Waals surface area contributed by atoms with E-state index in [2.05, 4.69) is 16.8 Å². The smallest absolute Gasteiger partial charge is 0.329 e. The molecule has 5 rings (SSSR count). The van der Waals surface area contributed by atoms with Crippen molar-refractivity contribution in [2.45, 2.75) is 52.6 Å². The molecule has 0 radical (unpaired) electrons. The van der Waals surface area contributed by atoms with Crippen LogP contribution < -0.4 is 21.0 Å². The Morgan fingerprint density at radius 2 is 1.94 bits per heavy atom. The van der Waals surface area contributed by atoms with Crippen LogP contribution in [0.2, 0.25) is 0 Å². The number of carbonyl (C=O) groups is 3. The predicted molar refractivity (Wildman–Crippen MR) is 139 cm³/mol. The van der Waals surface area contributed by atoms with Crippen LogP contribution in [0, 0.1) is 0 Å². The van der Waals surface area contributed by atoms with Crippen LogP contribution in [0.1, 0.15) is 50.1 Å². The number of nitrogens with one attached hydrogen (secondary N) is 1. The summed E-state index contributed by atoms with van der Waals surface area (Å²) < 4.78 is 2.22. The molecule has 0 saturated carbocycles. The number of hydrogen-bond acceptors (Lipinski definition) is 6. The Morgan fingerprint density at radius 1 is 1.17 bits per heavy atom. The molecular weight excluding hydrogens is 458 g/mol. The highest BCUT2D eigenvalue weighted by molar-refractivity contribution is 6.08. The van der Waals surface area contributed by atoms with Gasteiger partial charge < -0.3 is 25.4 Å². The monoisotopic (exact) mass is 489 g/mol. The zero-order valence-electron chi connectivity index (χ0n) is 20.8. The maximum absolute atomic E-state index is 13.7. The topological polar surface area (TPSA) is 110 Å². The van der Waals surface area contributed by atoms with Crippen molar-refractivity contribution in [1.29, 1.82) is 0 Å². The van der Waals surface area contributed by atoms with Crippen LogP contribution in [-0.2, 0) is 38.6 Å². The van der Waals surface area contributed by atoms with Gasteiger partial charge in [0.15, 0.2) is 6.04 Å². The number of hydrogen-bond donors (Lipinski definition) is 2. The highest BCUT2D eigenvalue weighted by atomic mass is 16.7. The molecule has 188 valence electrons. The van der Waals surface area contributed by atoms with E-state index in [4.69, 9.17) is 10.6 Å². The third kappa shape index (κ3) is 3.80. The summed E-state index contributed by atoms with van der Waals surface area (Å²) in [6, 6.07) is 10.8. The second-order valence-corrected chi connectivity index (χ2v) is 9.24. The Hall–Kier alpha value is -3.85. The largest absolute Gasteiger partial charge is 0.344 e. The van der Waals surface area contributed by atoms with E-state index in [1.807, 2.05) is 30.3 Å². The maximum atomic E-state index is 13.7. The molecule has 0 bridgehead atoms. The molecule has 3 N–H and O–H groups in total. The van der Waals surface area contributed by atoms with Crippen LogP contribution in [-0.4, -0.2) is 35.4 Å². The first-order valence-corrected chi connectivity index (χ1v) is 12.4. The summed E-state index contributed by atoms with van der Waals surface area (Å²) in [6.45, 7) is 6.79. The molecule has 9 heteroatoms. The Kier molecular flexibility index (Phi) is 6.17. The van der Waals surface area contributed by atoms with Gasteiger partial charge in [-0.1, -0.05) is 25.1 Å². The predicted octanol–water partition coefficient (Wildman–Crippen LogP) is 3.44. The van der Waals surface area contributed by atoms with Gasteiger partial charge in [-0.25, -0.2) is 0 Å². The molecule has 1 atom stereocenters. The van der Waals surface area contributed by atoms with E-state index in [9.17, 15) is 14.4 Å². The summed E-state index contributed by atoms with van der Waals surface area (Å²) in [5.74, 6) is -0.868. The fraction of sp³-hybridized carbons (Fsp3) is 0.370. The molecule has 3 heterocycles. The number of nitrogens with two attached hydrogens (primary N) is 1. The van der Waals surface area contributed by atoms with Crippen LogP contribution >= 0.6 is 0 Å². The Balaban J connectivity index is 1.71. The summed E-state index contributed by atoms with van der Waals surface area (Å²) >= 11 is 0. The lowest BCUT2D eigenvalue weighted by molar-refractivity contribution is -0.144. The van der Waals surface area contributed by atoms with Crippen LogP contribution in [0.5, 0.6) is 0 Å². The van der Waals surface area contributed by atoms with Gasteiger partial charge in [0.25, 0.3) is 5.91 Å². The molecule has 1 unspecified atom stereocenters. The molecule has 0 aliphatic carbocycles. The summed E-state index contributed by atoms with van der Waals surface area (Å²) in [7, 11) is 0. The molecule has 2 aliphatic rings. The van der Waals surface area contributed by atoms with Crippen molar-refractivity contribution in [2.24, 2.45) is 5.73 Å². The summed E-state index contributed by atoms with van der Waals surface area (Å²) in [4.78, 5) is 45.6. The van der Waals surface area contributed by atoms with E-state index in [0.717, 1.165) is 46.4 Å². The van der Waals surface area contributed by atoms with Crippen molar-refractivity contribution in [1.82, 2.24) is 4.57 Å². The van der Waals surface area contributed by atoms with Crippen LogP contribution in [0.25, 0.3) is 10.9 Å². The number of aromatic nitrogens is 1. The molecule has 2 aliphatic heterocycles. The second-order valence-electron chi connectivity index (χ2n) is 9.24. The maximum Gasteiger partial charge on any atom is 0.329 e. The molecule has 36 heavy (non-hydrogen) atoms. The number of aryl methyl sites for hydroxylation is 1. The number of rotatable bonds is 6. The number of carbonyl (C=O) groups excluding carboxylic acids is 3. The molecule has 2 amide bonds. The molecule has 2 aromatic carbocycles. The minimum atomic E-state index is -0.872. The average molecular weight is 490 g/mol. The molecule has 0 fully saturated rings. The van der Waals surface area contributed by atoms with E-state index in [1.165, 1.54) is 18.9 Å². The number of hydroxylamine groups is 1. The van der Waals surface area contributed by atoms with Crippen LogP contribution in [0.15, 0.2) is 36.4 Å². The van der Waals surface area contributed by atoms with Crippen molar-refractivity contribution >= 4 is 45.7 Å². The van der Waals surface area contributed by atoms with Gasteiger partial charge in [0.2, 0.25) is 5.91 Å². The fourth-order valence-electron chi connectivity index (χ4n) is 5.54. The van der Waals surface area contributed by atoms with Gasteiger partial charge in [-0.15, -0.1) is 0 Å². The van der Waals surface area contributed by atoms with E-state index >= 15 is 0 Å². The Labute approximate surface area is 209 Å². The average Bonchev–Trinajstić information content (AvgIpc) is 3.40. The molecule has 1 aromatic heterocycles.